The molecule has 2 aliphatic heterocycles. The van der Waals surface area contributed by atoms with Crippen molar-refractivity contribution in [3.8, 4) is 0 Å². The molecule has 24 heavy (non-hydrogen) atoms. The largest absolute Gasteiger partial charge is 0.368 e. The molecule has 2 aliphatic rings. The number of carbonyl (C=O) groups is 1. The van der Waals surface area contributed by atoms with Crippen molar-refractivity contribution in [2.75, 3.05) is 18.0 Å². The van der Waals surface area contributed by atoms with Gasteiger partial charge in [0.1, 0.15) is 0 Å². The molecule has 3 heterocycles. The number of thiophene rings is 1. The first-order chi connectivity index (χ1) is 11.8. The molecule has 1 N–H and O–H groups in total. The van der Waals surface area contributed by atoms with Crippen molar-refractivity contribution in [3.63, 3.8) is 0 Å². The lowest BCUT2D eigenvalue weighted by atomic mass is 9.80. The highest BCUT2D eigenvalue weighted by Gasteiger charge is 2.39. The van der Waals surface area contributed by atoms with Crippen molar-refractivity contribution in [3.05, 3.63) is 52.2 Å². The first-order valence-electron chi connectivity index (χ1n) is 8.97. The first kappa shape index (κ1) is 15.7. The number of nitrogens with one attached hydrogen (secondary N) is 1. The number of benzene rings is 1. The summed E-state index contributed by atoms with van der Waals surface area (Å²) in [5, 5.41) is 5.29. The Hall–Kier alpha value is -1.81. The zero-order chi connectivity index (χ0) is 16.4. The summed E-state index contributed by atoms with van der Waals surface area (Å²) < 4.78 is 0. The van der Waals surface area contributed by atoms with Gasteiger partial charge in [-0.1, -0.05) is 24.3 Å². The Morgan fingerprint density at radius 1 is 1.21 bits per heavy atom. The zero-order valence-electron chi connectivity index (χ0n) is 13.9. The van der Waals surface area contributed by atoms with Crippen LogP contribution in [0.15, 0.2) is 41.8 Å². The van der Waals surface area contributed by atoms with Crippen LogP contribution in [-0.4, -0.2) is 25.0 Å². The van der Waals surface area contributed by atoms with Crippen LogP contribution in [0.3, 0.4) is 0 Å². The number of anilines is 1. The maximum absolute atomic E-state index is 12.9. The molecule has 2 aromatic rings. The molecule has 126 valence electrons. The molecule has 0 aliphatic carbocycles. The van der Waals surface area contributed by atoms with Crippen molar-refractivity contribution in [2.24, 2.45) is 5.92 Å². The molecule has 1 amide bonds. The summed E-state index contributed by atoms with van der Waals surface area (Å²) in [7, 11) is 0. The van der Waals surface area contributed by atoms with E-state index in [-0.39, 0.29) is 11.8 Å². The van der Waals surface area contributed by atoms with Gasteiger partial charge < -0.3 is 10.2 Å². The number of hydrogen-bond acceptors (Lipinski definition) is 3. The predicted molar refractivity (Wildman–Crippen MR) is 99.7 cm³/mol. The lowest BCUT2D eigenvalue weighted by molar-refractivity contribution is -0.125. The Morgan fingerprint density at radius 2 is 2.12 bits per heavy atom. The van der Waals surface area contributed by atoms with Crippen molar-refractivity contribution in [1.29, 1.82) is 0 Å². The van der Waals surface area contributed by atoms with E-state index in [2.05, 4.69) is 52.0 Å². The van der Waals surface area contributed by atoms with E-state index in [0.29, 0.717) is 6.04 Å². The molecular formula is C20H24N2OS. The standard InChI is InChI=1S/C20H24N2OS/c23-20(21-11-10-16-7-5-13-24-16)17-14-15-6-1-2-8-18(15)22-12-4-3-9-19(17)22/h1-2,5-8,13,17,19H,3-4,9-12,14H2,(H,21,23). The van der Waals surface area contributed by atoms with Crippen LogP contribution in [-0.2, 0) is 17.6 Å². The third-order valence-electron chi connectivity index (χ3n) is 5.34. The molecule has 4 heteroatoms. The summed E-state index contributed by atoms with van der Waals surface area (Å²) in [4.78, 5) is 16.7. The topological polar surface area (TPSA) is 32.3 Å². The number of nitrogens with zero attached hydrogens (tertiary/aromatic N) is 1. The molecular weight excluding hydrogens is 316 g/mol. The normalized spacial score (nSPS) is 22.6. The van der Waals surface area contributed by atoms with Crippen LogP contribution in [0.1, 0.15) is 29.7 Å². The Balaban J connectivity index is 1.46. The van der Waals surface area contributed by atoms with Gasteiger partial charge in [0, 0.05) is 29.7 Å². The zero-order valence-corrected chi connectivity index (χ0v) is 14.7. The summed E-state index contributed by atoms with van der Waals surface area (Å²) in [6.07, 6.45) is 5.42. The average molecular weight is 340 g/mol. The second-order valence-corrected chi connectivity index (χ2v) is 7.85. The van der Waals surface area contributed by atoms with Gasteiger partial charge in [0.25, 0.3) is 0 Å². The molecule has 0 saturated carbocycles. The van der Waals surface area contributed by atoms with E-state index < -0.39 is 0 Å². The van der Waals surface area contributed by atoms with Gasteiger partial charge in [-0.25, -0.2) is 0 Å². The monoisotopic (exact) mass is 340 g/mol. The second kappa shape index (κ2) is 6.98. The number of carbonyl (C=O) groups excluding carboxylic acids is 1. The Morgan fingerprint density at radius 3 is 3.00 bits per heavy atom. The van der Waals surface area contributed by atoms with Gasteiger partial charge in [0.2, 0.25) is 5.91 Å². The van der Waals surface area contributed by atoms with Crippen molar-refractivity contribution in [2.45, 2.75) is 38.1 Å². The summed E-state index contributed by atoms with van der Waals surface area (Å²) in [5.41, 5.74) is 2.68. The van der Waals surface area contributed by atoms with E-state index >= 15 is 0 Å². The fraction of sp³-hybridized carbons (Fsp3) is 0.450. The molecule has 2 unspecified atom stereocenters. The van der Waals surface area contributed by atoms with Crippen molar-refractivity contribution >= 4 is 22.9 Å². The quantitative estimate of drug-likeness (QED) is 0.922. The molecule has 0 bridgehead atoms. The number of rotatable bonds is 4. The molecule has 3 nitrogen and oxygen atoms in total. The van der Waals surface area contributed by atoms with Gasteiger partial charge >= 0.3 is 0 Å². The van der Waals surface area contributed by atoms with E-state index in [9.17, 15) is 4.79 Å². The van der Waals surface area contributed by atoms with Crippen LogP contribution in [0.5, 0.6) is 0 Å². The fourth-order valence-corrected chi connectivity index (χ4v) is 4.88. The number of amides is 1. The lowest BCUT2D eigenvalue weighted by Crippen LogP contribution is -2.53. The maximum Gasteiger partial charge on any atom is 0.225 e. The minimum atomic E-state index is 0.0866. The SMILES string of the molecule is O=C(NCCc1cccs1)C1Cc2ccccc2N2CCCCC12. The van der Waals surface area contributed by atoms with Crippen LogP contribution in [0, 0.1) is 5.92 Å². The highest BCUT2D eigenvalue weighted by Crippen LogP contribution is 2.38. The van der Waals surface area contributed by atoms with Gasteiger partial charge in [-0.05, 0) is 55.2 Å². The van der Waals surface area contributed by atoms with Crippen LogP contribution in [0.4, 0.5) is 5.69 Å². The smallest absolute Gasteiger partial charge is 0.225 e. The third kappa shape index (κ3) is 3.07. The molecule has 4 rings (SSSR count). The summed E-state index contributed by atoms with van der Waals surface area (Å²) in [6, 6.07) is 13.2. The van der Waals surface area contributed by atoms with Crippen LogP contribution < -0.4 is 10.2 Å². The van der Waals surface area contributed by atoms with Gasteiger partial charge in [-0.3, -0.25) is 4.79 Å². The van der Waals surface area contributed by atoms with E-state index in [1.165, 1.54) is 29.0 Å². The van der Waals surface area contributed by atoms with E-state index in [0.717, 1.165) is 32.4 Å². The summed E-state index contributed by atoms with van der Waals surface area (Å²) >= 11 is 1.76. The fourth-order valence-electron chi connectivity index (χ4n) is 4.17. The number of fused-ring (bicyclic) bond motifs is 3. The van der Waals surface area contributed by atoms with Gasteiger partial charge in [-0.15, -0.1) is 11.3 Å². The third-order valence-corrected chi connectivity index (χ3v) is 6.28. The Kier molecular flexibility index (Phi) is 4.56. The molecule has 1 saturated heterocycles. The Bertz CT molecular complexity index is 697. The molecule has 1 fully saturated rings. The predicted octanol–water partition coefficient (Wildman–Crippen LogP) is 3.64. The minimum Gasteiger partial charge on any atom is -0.368 e. The average Bonchev–Trinajstić information content (AvgIpc) is 3.14. The van der Waals surface area contributed by atoms with Gasteiger partial charge in [0.05, 0.1) is 5.92 Å². The van der Waals surface area contributed by atoms with E-state index in [1.807, 2.05) is 0 Å². The van der Waals surface area contributed by atoms with Crippen molar-refractivity contribution < 1.29 is 4.79 Å². The molecule has 1 aromatic heterocycles. The van der Waals surface area contributed by atoms with Crippen LogP contribution in [0.25, 0.3) is 0 Å². The lowest BCUT2D eigenvalue weighted by Gasteiger charge is -2.46. The molecule has 2 atom stereocenters. The number of para-hydroxylation sites is 1. The molecule has 0 spiro atoms. The summed E-state index contributed by atoms with van der Waals surface area (Å²) in [6.45, 7) is 1.82. The molecule has 0 radical (unpaired) electrons. The van der Waals surface area contributed by atoms with E-state index in [4.69, 9.17) is 0 Å². The number of piperidine rings is 1. The van der Waals surface area contributed by atoms with Gasteiger partial charge in [-0.2, -0.15) is 0 Å². The van der Waals surface area contributed by atoms with Crippen LogP contribution >= 0.6 is 11.3 Å². The first-order valence-corrected chi connectivity index (χ1v) is 9.85. The minimum absolute atomic E-state index is 0.0866. The second-order valence-electron chi connectivity index (χ2n) is 6.82. The molecule has 1 aromatic carbocycles. The Labute approximate surface area is 147 Å². The van der Waals surface area contributed by atoms with E-state index in [1.54, 1.807) is 11.3 Å². The number of hydrogen-bond donors (Lipinski definition) is 1. The van der Waals surface area contributed by atoms with Gasteiger partial charge in [0.15, 0.2) is 0 Å². The maximum atomic E-state index is 12.9. The highest BCUT2D eigenvalue weighted by molar-refractivity contribution is 7.09. The van der Waals surface area contributed by atoms with Crippen LogP contribution in [0.2, 0.25) is 0 Å². The van der Waals surface area contributed by atoms with Crippen molar-refractivity contribution in [1.82, 2.24) is 5.32 Å². The summed E-state index contributed by atoms with van der Waals surface area (Å²) in [5.74, 6) is 0.321. The highest BCUT2D eigenvalue weighted by atomic mass is 32.1.